The normalized spacial score (nSPS) is 23.0. The molecule has 5 nitrogen and oxygen atoms in total. The number of nitrogens with zero attached hydrogens (tertiary/aromatic N) is 3. The second-order valence-electron chi connectivity index (χ2n) is 7.30. The zero-order valence-corrected chi connectivity index (χ0v) is 14.9. The summed E-state index contributed by atoms with van der Waals surface area (Å²) >= 11 is 0. The van der Waals surface area contributed by atoms with E-state index in [1.807, 2.05) is 6.07 Å². The molecule has 1 aromatic carbocycles. The lowest BCUT2D eigenvalue weighted by molar-refractivity contribution is 0.0223. The van der Waals surface area contributed by atoms with Crippen molar-refractivity contribution in [2.75, 3.05) is 45.9 Å². The lowest BCUT2D eigenvalue weighted by atomic mass is 9.97. The van der Waals surface area contributed by atoms with Crippen LogP contribution in [-0.4, -0.2) is 65.9 Å². The van der Waals surface area contributed by atoms with Gasteiger partial charge in [0.25, 0.3) is 0 Å². The van der Waals surface area contributed by atoms with Crippen LogP contribution in [0.1, 0.15) is 18.5 Å². The lowest BCUT2D eigenvalue weighted by Gasteiger charge is -2.36. The molecule has 134 valence electrons. The van der Waals surface area contributed by atoms with E-state index in [4.69, 9.17) is 4.74 Å². The fourth-order valence-corrected chi connectivity index (χ4v) is 4.03. The first-order valence-corrected chi connectivity index (χ1v) is 9.49. The van der Waals surface area contributed by atoms with Gasteiger partial charge in [0, 0.05) is 44.0 Å². The van der Waals surface area contributed by atoms with Gasteiger partial charge in [0.15, 0.2) is 0 Å². The van der Waals surface area contributed by atoms with Crippen molar-refractivity contribution in [1.82, 2.24) is 20.0 Å². The van der Waals surface area contributed by atoms with Gasteiger partial charge < -0.3 is 4.74 Å². The number of likely N-dealkylation sites (tertiary alicyclic amines) is 1. The quantitative estimate of drug-likeness (QED) is 0.909. The molecule has 1 N–H and O–H groups in total. The van der Waals surface area contributed by atoms with E-state index >= 15 is 0 Å². The maximum Gasteiger partial charge on any atom is 0.0924 e. The first-order chi connectivity index (χ1) is 12.4. The third-order valence-electron chi connectivity index (χ3n) is 5.32. The van der Waals surface area contributed by atoms with E-state index in [1.165, 1.54) is 43.7 Å². The Balaban J connectivity index is 1.32. The Bertz CT molecular complexity index is 651. The smallest absolute Gasteiger partial charge is 0.0924 e. The molecule has 0 unspecified atom stereocenters. The predicted octanol–water partition coefficient (Wildman–Crippen LogP) is 2.62. The van der Waals surface area contributed by atoms with E-state index < -0.39 is 0 Å². The van der Waals surface area contributed by atoms with Gasteiger partial charge in [-0.3, -0.25) is 14.9 Å². The van der Waals surface area contributed by atoms with Crippen molar-refractivity contribution in [3.63, 3.8) is 0 Å². The summed E-state index contributed by atoms with van der Waals surface area (Å²) in [4.78, 5) is 5.15. The van der Waals surface area contributed by atoms with Gasteiger partial charge in [-0.25, -0.2) is 0 Å². The summed E-state index contributed by atoms with van der Waals surface area (Å²) < 4.78 is 5.46. The maximum atomic E-state index is 5.46. The largest absolute Gasteiger partial charge is 0.379 e. The monoisotopic (exact) mass is 340 g/mol. The molecule has 0 spiro atoms. The first-order valence-electron chi connectivity index (χ1n) is 9.49. The third kappa shape index (κ3) is 4.48. The number of piperidine rings is 1. The summed E-state index contributed by atoms with van der Waals surface area (Å²) in [5, 5.41) is 7.72. The van der Waals surface area contributed by atoms with Crippen molar-refractivity contribution in [3.05, 3.63) is 42.1 Å². The number of aromatic amines is 1. The molecule has 0 amide bonds. The van der Waals surface area contributed by atoms with Crippen molar-refractivity contribution >= 4 is 0 Å². The van der Waals surface area contributed by atoms with Gasteiger partial charge in [-0.1, -0.05) is 30.3 Å². The van der Waals surface area contributed by atoms with Crippen molar-refractivity contribution in [2.24, 2.45) is 5.92 Å². The Kier molecular flexibility index (Phi) is 5.45. The molecule has 0 radical (unpaired) electrons. The molecular weight excluding hydrogens is 312 g/mol. The minimum absolute atomic E-state index is 0.781. The Hall–Kier alpha value is -1.69. The number of morpholine rings is 1. The van der Waals surface area contributed by atoms with E-state index in [-0.39, 0.29) is 0 Å². The minimum atomic E-state index is 0.781. The Morgan fingerprint density at radius 1 is 1.08 bits per heavy atom. The van der Waals surface area contributed by atoms with Crippen LogP contribution in [0, 0.1) is 5.92 Å². The van der Waals surface area contributed by atoms with Crippen LogP contribution in [0.5, 0.6) is 0 Å². The molecule has 0 saturated carbocycles. The first kappa shape index (κ1) is 16.8. The fraction of sp³-hybridized carbons (Fsp3) is 0.550. The van der Waals surface area contributed by atoms with Crippen molar-refractivity contribution < 1.29 is 4.74 Å². The number of nitrogens with one attached hydrogen (secondary N) is 1. The minimum Gasteiger partial charge on any atom is -0.379 e. The van der Waals surface area contributed by atoms with Gasteiger partial charge in [-0.15, -0.1) is 0 Å². The average molecular weight is 340 g/mol. The second kappa shape index (κ2) is 8.13. The number of rotatable bonds is 5. The number of ether oxygens (including phenoxy) is 1. The van der Waals surface area contributed by atoms with Crippen LogP contribution in [0.2, 0.25) is 0 Å². The molecule has 4 rings (SSSR count). The van der Waals surface area contributed by atoms with E-state index in [2.05, 4.69) is 50.3 Å². The SMILES string of the molecule is c1ccc(-c2cc(CN3CCC[C@H](CN4CCOCC4)C3)[nH]n2)cc1. The van der Waals surface area contributed by atoms with Gasteiger partial charge in [-0.05, 0) is 31.4 Å². The van der Waals surface area contributed by atoms with Crippen molar-refractivity contribution in [3.8, 4) is 11.3 Å². The molecule has 2 saturated heterocycles. The maximum absolute atomic E-state index is 5.46. The van der Waals surface area contributed by atoms with Crippen LogP contribution in [0.3, 0.4) is 0 Å². The predicted molar refractivity (Wildman–Crippen MR) is 99.3 cm³/mol. The van der Waals surface area contributed by atoms with Crippen LogP contribution in [0.25, 0.3) is 11.3 Å². The van der Waals surface area contributed by atoms with E-state index in [9.17, 15) is 0 Å². The molecule has 2 aromatic rings. The number of hydrogen-bond donors (Lipinski definition) is 1. The summed E-state index contributed by atoms with van der Waals surface area (Å²) in [6, 6.07) is 12.6. The van der Waals surface area contributed by atoms with Crippen LogP contribution in [-0.2, 0) is 11.3 Å². The van der Waals surface area contributed by atoms with Gasteiger partial charge >= 0.3 is 0 Å². The molecule has 0 aliphatic carbocycles. The Morgan fingerprint density at radius 2 is 1.92 bits per heavy atom. The van der Waals surface area contributed by atoms with Crippen LogP contribution < -0.4 is 0 Å². The molecule has 1 aromatic heterocycles. The average Bonchev–Trinajstić information content (AvgIpc) is 3.12. The highest BCUT2D eigenvalue weighted by molar-refractivity contribution is 5.58. The molecule has 1 atom stereocenters. The van der Waals surface area contributed by atoms with Crippen LogP contribution >= 0.6 is 0 Å². The number of benzene rings is 1. The highest BCUT2D eigenvalue weighted by Gasteiger charge is 2.23. The molecule has 2 aliphatic heterocycles. The molecule has 0 bridgehead atoms. The van der Waals surface area contributed by atoms with E-state index in [1.54, 1.807) is 0 Å². The number of H-pyrrole nitrogens is 1. The Morgan fingerprint density at radius 3 is 2.76 bits per heavy atom. The second-order valence-corrected chi connectivity index (χ2v) is 7.30. The van der Waals surface area contributed by atoms with E-state index in [0.717, 1.165) is 44.5 Å². The zero-order valence-electron chi connectivity index (χ0n) is 14.9. The molecule has 25 heavy (non-hydrogen) atoms. The highest BCUT2D eigenvalue weighted by Crippen LogP contribution is 2.22. The fourth-order valence-electron chi connectivity index (χ4n) is 4.03. The number of aromatic nitrogens is 2. The highest BCUT2D eigenvalue weighted by atomic mass is 16.5. The zero-order chi connectivity index (χ0) is 16.9. The lowest BCUT2D eigenvalue weighted by Crippen LogP contribution is -2.44. The summed E-state index contributed by atoms with van der Waals surface area (Å²) in [5.74, 6) is 0.781. The summed E-state index contributed by atoms with van der Waals surface area (Å²) in [7, 11) is 0. The van der Waals surface area contributed by atoms with E-state index in [0.29, 0.717) is 0 Å². The van der Waals surface area contributed by atoms with Gasteiger partial charge in [0.2, 0.25) is 0 Å². The van der Waals surface area contributed by atoms with Gasteiger partial charge in [0.05, 0.1) is 18.9 Å². The molecular formula is C20H28N4O. The standard InChI is InChI=1S/C20H28N4O/c1-2-6-18(7-3-1)20-13-19(21-22-20)16-24-8-4-5-17(15-24)14-23-9-11-25-12-10-23/h1-3,6-7,13,17H,4-5,8-12,14-16H2,(H,21,22)/t17-/m1/s1. The Labute approximate surface area is 150 Å². The van der Waals surface area contributed by atoms with Gasteiger partial charge in [0.1, 0.15) is 0 Å². The van der Waals surface area contributed by atoms with Gasteiger partial charge in [-0.2, -0.15) is 5.10 Å². The summed E-state index contributed by atoms with van der Waals surface area (Å²) in [5.41, 5.74) is 3.43. The van der Waals surface area contributed by atoms with Crippen molar-refractivity contribution in [2.45, 2.75) is 19.4 Å². The summed E-state index contributed by atoms with van der Waals surface area (Å²) in [6.07, 6.45) is 2.65. The number of hydrogen-bond acceptors (Lipinski definition) is 4. The summed E-state index contributed by atoms with van der Waals surface area (Å²) in [6.45, 7) is 8.56. The molecule has 5 heteroatoms. The van der Waals surface area contributed by atoms with Crippen molar-refractivity contribution in [1.29, 1.82) is 0 Å². The topological polar surface area (TPSA) is 44.4 Å². The van der Waals surface area contributed by atoms with Crippen LogP contribution in [0.15, 0.2) is 36.4 Å². The third-order valence-corrected chi connectivity index (χ3v) is 5.32. The molecule has 3 heterocycles. The molecule has 2 aliphatic rings. The van der Waals surface area contributed by atoms with Crippen LogP contribution in [0.4, 0.5) is 0 Å². The molecule has 2 fully saturated rings.